The van der Waals surface area contributed by atoms with E-state index in [9.17, 15) is 14.9 Å². The highest BCUT2D eigenvalue weighted by Crippen LogP contribution is 2.21. The van der Waals surface area contributed by atoms with E-state index in [-0.39, 0.29) is 18.1 Å². The minimum Gasteiger partial charge on any atom is -0.340 e. The molecule has 0 aliphatic carbocycles. The minimum absolute atomic E-state index is 0.0165. The van der Waals surface area contributed by atoms with Crippen LogP contribution in [0.5, 0.6) is 0 Å². The normalized spacial score (nSPS) is 11.2. The minimum atomic E-state index is -0.904. The predicted molar refractivity (Wildman–Crippen MR) is 77.1 cm³/mol. The molecule has 1 amide bonds. The number of nitrogens with zero attached hydrogens (tertiary/aromatic N) is 2. The summed E-state index contributed by atoms with van der Waals surface area (Å²) in [7, 11) is 1.62. The number of nitro benzene ring substituents is 1. The molecule has 0 unspecified atom stereocenters. The fraction of sp³-hybridized carbons (Fsp3) is 0.500. The van der Waals surface area contributed by atoms with Crippen molar-refractivity contribution < 1.29 is 9.72 Å². The van der Waals surface area contributed by atoms with Gasteiger partial charge in [-0.25, -0.2) is 0 Å². The first-order chi connectivity index (χ1) is 9.35. The van der Waals surface area contributed by atoms with E-state index in [0.717, 1.165) is 0 Å². The average Bonchev–Trinajstić information content (AvgIpc) is 2.45. The van der Waals surface area contributed by atoms with Crippen molar-refractivity contribution >= 4 is 11.6 Å². The lowest BCUT2D eigenvalue weighted by Crippen LogP contribution is -2.53. The molecule has 6 heteroatoms. The summed E-state index contributed by atoms with van der Waals surface area (Å²) in [4.78, 5) is 24.3. The van der Waals surface area contributed by atoms with E-state index < -0.39 is 10.5 Å². The molecule has 0 radical (unpaired) electrons. The van der Waals surface area contributed by atoms with Gasteiger partial charge in [0.1, 0.15) is 0 Å². The Balaban J connectivity index is 2.94. The second kappa shape index (κ2) is 6.47. The standard InChI is InChI=1S/C14H21N3O3/c1-4-14(15,5-2)13(18)16(3)10-11-8-6-7-9-12(11)17(19)20/h6-9H,4-5,10,15H2,1-3H3. The summed E-state index contributed by atoms with van der Waals surface area (Å²) in [5.41, 5.74) is 5.68. The molecule has 1 aromatic rings. The zero-order valence-electron chi connectivity index (χ0n) is 12.1. The maximum Gasteiger partial charge on any atom is 0.274 e. The highest BCUT2D eigenvalue weighted by atomic mass is 16.6. The molecule has 2 N–H and O–H groups in total. The molecule has 0 saturated heterocycles. The van der Waals surface area contributed by atoms with Crippen molar-refractivity contribution in [3.8, 4) is 0 Å². The molecule has 0 fully saturated rings. The van der Waals surface area contributed by atoms with E-state index in [2.05, 4.69) is 0 Å². The molecular weight excluding hydrogens is 258 g/mol. The molecule has 0 bridgehead atoms. The van der Waals surface area contributed by atoms with Crippen LogP contribution in [0.3, 0.4) is 0 Å². The van der Waals surface area contributed by atoms with Crippen LogP contribution in [0.15, 0.2) is 24.3 Å². The second-order valence-corrected chi connectivity index (χ2v) is 4.91. The van der Waals surface area contributed by atoms with Gasteiger partial charge < -0.3 is 10.6 Å². The van der Waals surface area contributed by atoms with Gasteiger partial charge in [0.2, 0.25) is 5.91 Å². The third-order valence-corrected chi connectivity index (χ3v) is 3.63. The number of nitro groups is 1. The van der Waals surface area contributed by atoms with Crippen LogP contribution in [0.4, 0.5) is 5.69 Å². The number of benzene rings is 1. The fourth-order valence-corrected chi connectivity index (χ4v) is 2.08. The summed E-state index contributed by atoms with van der Waals surface area (Å²) in [5.74, 6) is -0.194. The Hall–Kier alpha value is -1.95. The molecule has 0 atom stereocenters. The Bertz CT molecular complexity index is 498. The number of likely N-dealkylation sites (N-methyl/N-ethyl adjacent to an activating group) is 1. The third kappa shape index (κ3) is 3.33. The Morgan fingerprint density at radius 1 is 1.35 bits per heavy atom. The maximum absolute atomic E-state index is 12.3. The molecule has 0 saturated carbocycles. The smallest absolute Gasteiger partial charge is 0.274 e. The van der Waals surface area contributed by atoms with Gasteiger partial charge in [0.15, 0.2) is 0 Å². The van der Waals surface area contributed by atoms with Crippen LogP contribution in [0.2, 0.25) is 0 Å². The molecule has 0 aromatic heterocycles. The van der Waals surface area contributed by atoms with Crippen LogP contribution in [-0.4, -0.2) is 28.3 Å². The molecule has 0 heterocycles. The van der Waals surface area contributed by atoms with Gasteiger partial charge in [-0.3, -0.25) is 14.9 Å². The number of hydrogen-bond acceptors (Lipinski definition) is 4. The zero-order valence-corrected chi connectivity index (χ0v) is 12.1. The van der Waals surface area contributed by atoms with Gasteiger partial charge in [-0.15, -0.1) is 0 Å². The number of para-hydroxylation sites is 1. The number of nitrogens with two attached hydrogens (primary N) is 1. The molecule has 0 aliphatic rings. The van der Waals surface area contributed by atoms with E-state index >= 15 is 0 Å². The molecule has 6 nitrogen and oxygen atoms in total. The van der Waals surface area contributed by atoms with E-state index in [1.165, 1.54) is 11.0 Å². The Kier molecular flexibility index (Phi) is 5.21. The van der Waals surface area contributed by atoms with Gasteiger partial charge in [-0.1, -0.05) is 32.0 Å². The van der Waals surface area contributed by atoms with Crippen LogP contribution >= 0.6 is 0 Å². The largest absolute Gasteiger partial charge is 0.340 e. The Morgan fingerprint density at radius 3 is 2.40 bits per heavy atom. The SMILES string of the molecule is CCC(N)(CC)C(=O)N(C)Cc1ccccc1[N+](=O)[O-]. The van der Waals surface area contributed by atoms with Gasteiger partial charge in [0.05, 0.1) is 17.0 Å². The summed E-state index contributed by atoms with van der Waals surface area (Å²) in [6.45, 7) is 3.90. The summed E-state index contributed by atoms with van der Waals surface area (Å²) in [5, 5.41) is 11.0. The van der Waals surface area contributed by atoms with Crippen molar-refractivity contribution in [2.24, 2.45) is 5.73 Å². The molecule has 0 spiro atoms. The van der Waals surface area contributed by atoms with Gasteiger partial charge in [0, 0.05) is 18.7 Å². The van der Waals surface area contributed by atoms with Gasteiger partial charge >= 0.3 is 0 Å². The van der Waals surface area contributed by atoms with Crippen molar-refractivity contribution in [1.82, 2.24) is 4.90 Å². The van der Waals surface area contributed by atoms with Crippen LogP contribution in [0, 0.1) is 10.1 Å². The summed E-state index contributed by atoms with van der Waals surface area (Å²) in [6, 6.07) is 6.41. The highest BCUT2D eigenvalue weighted by Gasteiger charge is 2.33. The van der Waals surface area contributed by atoms with Crippen molar-refractivity contribution in [2.75, 3.05) is 7.05 Å². The summed E-state index contributed by atoms with van der Waals surface area (Å²) < 4.78 is 0. The average molecular weight is 279 g/mol. The molecule has 1 rings (SSSR count). The first-order valence-corrected chi connectivity index (χ1v) is 6.62. The van der Waals surface area contributed by atoms with Crippen LogP contribution < -0.4 is 5.73 Å². The molecular formula is C14H21N3O3. The van der Waals surface area contributed by atoms with Gasteiger partial charge in [-0.2, -0.15) is 0 Å². The van der Waals surface area contributed by atoms with Gasteiger partial charge in [0.25, 0.3) is 5.69 Å². The lowest BCUT2D eigenvalue weighted by molar-refractivity contribution is -0.385. The van der Waals surface area contributed by atoms with E-state index in [4.69, 9.17) is 5.73 Å². The van der Waals surface area contributed by atoms with E-state index in [0.29, 0.717) is 18.4 Å². The molecule has 1 aromatic carbocycles. The maximum atomic E-state index is 12.3. The van der Waals surface area contributed by atoms with Crippen LogP contribution in [-0.2, 0) is 11.3 Å². The topological polar surface area (TPSA) is 89.5 Å². The zero-order chi connectivity index (χ0) is 15.3. The Morgan fingerprint density at radius 2 is 1.90 bits per heavy atom. The second-order valence-electron chi connectivity index (χ2n) is 4.91. The number of carbonyl (C=O) groups excluding carboxylic acids is 1. The molecule has 20 heavy (non-hydrogen) atoms. The highest BCUT2D eigenvalue weighted by molar-refractivity contribution is 5.85. The predicted octanol–water partition coefficient (Wildman–Crippen LogP) is 2.07. The van der Waals surface area contributed by atoms with Crippen molar-refractivity contribution in [2.45, 2.75) is 38.8 Å². The fourth-order valence-electron chi connectivity index (χ4n) is 2.08. The first kappa shape index (κ1) is 16.1. The number of carbonyl (C=O) groups is 1. The monoisotopic (exact) mass is 279 g/mol. The first-order valence-electron chi connectivity index (χ1n) is 6.62. The lowest BCUT2D eigenvalue weighted by atomic mass is 9.92. The number of amides is 1. The number of hydrogen-bond donors (Lipinski definition) is 1. The lowest BCUT2D eigenvalue weighted by Gasteiger charge is -2.30. The van der Waals surface area contributed by atoms with Crippen molar-refractivity contribution in [3.63, 3.8) is 0 Å². The number of rotatable bonds is 6. The third-order valence-electron chi connectivity index (χ3n) is 3.63. The van der Waals surface area contributed by atoms with E-state index in [1.54, 1.807) is 25.2 Å². The molecule has 0 aliphatic heterocycles. The summed E-state index contributed by atoms with van der Waals surface area (Å²) in [6.07, 6.45) is 1.06. The van der Waals surface area contributed by atoms with E-state index in [1.807, 2.05) is 13.8 Å². The van der Waals surface area contributed by atoms with Crippen LogP contribution in [0.25, 0.3) is 0 Å². The van der Waals surface area contributed by atoms with Gasteiger partial charge in [-0.05, 0) is 12.8 Å². The van der Waals surface area contributed by atoms with Crippen LogP contribution in [0.1, 0.15) is 32.3 Å². The quantitative estimate of drug-likeness (QED) is 0.637. The van der Waals surface area contributed by atoms with Crippen molar-refractivity contribution in [3.05, 3.63) is 39.9 Å². The van der Waals surface area contributed by atoms with Crippen molar-refractivity contribution in [1.29, 1.82) is 0 Å². The summed E-state index contributed by atoms with van der Waals surface area (Å²) >= 11 is 0. The molecule has 110 valence electrons. The Labute approximate surface area is 118 Å².